The van der Waals surface area contributed by atoms with Gasteiger partial charge >= 0.3 is 0 Å². The minimum Gasteiger partial charge on any atom is -0.342 e. The van der Waals surface area contributed by atoms with Crippen molar-refractivity contribution in [2.45, 2.75) is 4.90 Å². The number of hydrogen-bond acceptors (Lipinski definition) is 6. The number of aromatic amines is 1. The number of hydrogen-bond donors (Lipinski definition) is 1. The number of aliphatic imine (C=N–C) groups is 1. The van der Waals surface area contributed by atoms with Gasteiger partial charge in [-0.05, 0) is 12.1 Å². The molecule has 0 bridgehead atoms. The Kier molecular flexibility index (Phi) is 3.07. The number of fused-ring (bicyclic) bond motifs is 3. The predicted molar refractivity (Wildman–Crippen MR) is 95.2 cm³/mol. The molecule has 128 valence electrons. The van der Waals surface area contributed by atoms with E-state index in [0.29, 0.717) is 33.7 Å². The molecule has 2 aliphatic heterocycles. The van der Waals surface area contributed by atoms with Crippen molar-refractivity contribution >= 4 is 33.4 Å². The van der Waals surface area contributed by atoms with Gasteiger partial charge in [-0.1, -0.05) is 24.3 Å². The van der Waals surface area contributed by atoms with Crippen molar-refractivity contribution in [1.29, 1.82) is 0 Å². The lowest BCUT2D eigenvalue weighted by Gasteiger charge is -2.18. The summed E-state index contributed by atoms with van der Waals surface area (Å²) in [5, 5.41) is 1.29. The summed E-state index contributed by atoms with van der Waals surface area (Å²) in [6, 6.07) is 8.32. The monoisotopic (exact) mass is 364 g/mol. The van der Waals surface area contributed by atoms with E-state index in [1.807, 2.05) is 6.08 Å². The second-order valence-corrected chi connectivity index (χ2v) is 7.63. The number of amidine groups is 1. The average Bonchev–Trinajstić information content (AvgIpc) is 3.39. The van der Waals surface area contributed by atoms with Crippen LogP contribution in [-0.2, 0) is 10.0 Å². The molecule has 2 aromatic heterocycles. The largest absolute Gasteiger partial charge is 0.342 e. The summed E-state index contributed by atoms with van der Waals surface area (Å²) in [6.07, 6.45) is 6.67. The van der Waals surface area contributed by atoms with Crippen molar-refractivity contribution < 1.29 is 8.42 Å². The standard InChI is InChI=1S/C17H12N6O2S/c24-26(25,11-4-2-1-3-5-11)23-9-6-12-14-13(10-20-17(12)23)21-16(22-14)15-18-7-8-19-15/h1-8,10H,9H2,(H,18,19). The van der Waals surface area contributed by atoms with Gasteiger partial charge in [0.25, 0.3) is 10.0 Å². The molecule has 9 heteroatoms. The van der Waals surface area contributed by atoms with E-state index in [4.69, 9.17) is 0 Å². The first-order valence-corrected chi connectivity index (χ1v) is 9.33. The number of H-pyrrole nitrogens is 1. The molecule has 0 amide bonds. The summed E-state index contributed by atoms with van der Waals surface area (Å²) in [6.45, 7) is 0.210. The SMILES string of the molecule is O=S(=O)(c1ccccc1)N1CC=c2c1ncc1c2=NC(c2ncc[nH]2)=N1. The van der Waals surface area contributed by atoms with Gasteiger partial charge in [-0.2, -0.15) is 0 Å². The van der Waals surface area contributed by atoms with Crippen LogP contribution in [0.5, 0.6) is 0 Å². The molecule has 4 heterocycles. The second kappa shape index (κ2) is 5.33. The maximum absolute atomic E-state index is 12.9. The highest BCUT2D eigenvalue weighted by molar-refractivity contribution is 7.92. The summed E-state index contributed by atoms with van der Waals surface area (Å²) in [5.74, 6) is 1.38. The Morgan fingerprint density at radius 1 is 1.08 bits per heavy atom. The van der Waals surface area contributed by atoms with Crippen LogP contribution in [-0.4, -0.2) is 35.8 Å². The molecule has 1 N–H and O–H groups in total. The molecule has 5 rings (SSSR count). The van der Waals surface area contributed by atoms with E-state index in [1.54, 1.807) is 48.9 Å². The zero-order valence-corrected chi connectivity index (χ0v) is 14.2. The van der Waals surface area contributed by atoms with Gasteiger partial charge < -0.3 is 4.98 Å². The van der Waals surface area contributed by atoms with Crippen LogP contribution in [0, 0.1) is 0 Å². The number of aromatic nitrogens is 3. The van der Waals surface area contributed by atoms with Crippen LogP contribution in [0.3, 0.4) is 0 Å². The number of sulfonamides is 1. The third kappa shape index (κ3) is 2.10. The van der Waals surface area contributed by atoms with Gasteiger partial charge in [0, 0.05) is 17.6 Å². The van der Waals surface area contributed by atoms with E-state index < -0.39 is 10.0 Å². The second-order valence-electron chi connectivity index (χ2n) is 5.77. The lowest BCUT2D eigenvalue weighted by Crippen LogP contribution is -2.33. The van der Waals surface area contributed by atoms with Crippen LogP contribution < -0.4 is 14.9 Å². The third-order valence-electron chi connectivity index (χ3n) is 4.23. The van der Waals surface area contributed by atoms with Crippen molar-refractivity contribution in [1.82, 2.24) is 15.0 Å². The number of nitrogens with zero attached hydrogens (tertiary/aromatic N) is 5. The highest BCUT2D eigenvalue weighted by atomic mass is 32.2. The van der Waals surface area contributed by atoms with Gasteiger partial charge in [-0.3, -0.25) is 0 Å². The number of rotatable bonds is 3. The molecular formula is C17H12N6O2S. The van der Waals surface area contributed by atoms with Crippen molar-refractivity contribution in [2.75, 3.05) is 10.8 Å². The Morgan fingerprint density at radius 3 is 2.69 bits per heavy atom. The molecule has 1 aromatic carbocycles. The summed E-state index contributed by atoms with van der Waals surface area (Å²) >= 11 is 0. The van der Waals surface area contributed by atoms with Crippen molar-refractivity contribution in [3.05, 3.63) is 65.3 Å². The summed E-state index contributed by atoms with van der Waals surface area (Å²) < 4.78 is 27.2. The van der Waals surface area contributed by atoms with Gasteiger partial charge in [0.1, 0.15) is 11.0 Å². The van der Waals surface area contributed by atoms with Crippen molar-refractivity contribution in [3.8, 4) is 0 Å². The minimum absolute atomic E-state index is 0.210. The van der Waals surface area contributed by atoms with E-state index in [2.05, 4.69) is 24.9 Å². The van der Waals surface area contributed by atoms with Crippen LogP contribution in [0.1, 0.15) is 5.82 Å². The number of anilines is 1. The van der Waals surface area contributed by atoms with Gasteiger partial charge in [0.2, 0.25) is 0 Å². The predicted octanol–water partition coefficient (Wildman–Crippen LogP) is 0.506. The molecule has 0 aliphatic carbocycles. The normalized spacial score (nSPS) is 15.1. The molecule has 2 aliphatic rings. The van der Waals surface area contributed by atoms with Crippen LogP contribution in [0.2, 0.25) is 0 Å². The van der Waals surface area contributed by atoms with Crippen LogP contribution in [0.15, 0.2) is 63.8 Å². The topological polar surface area (TPSA) is 104 Å². The fraction of sp³-hybridized carbons (Fsp3) is 0.0588. The molecule has 0 spiro atoms. The van der Waals surface area contributed by atoms with Crippen LogP contribution in [0.4, 0.5) is 11.5 Å². The lowest BCUT2D eigenvalue weighted by molar-refractivity contribution is 0.593. The first-order chi connectivity index (χ1) is 12.6. The Hall–Kier alpha value is -3.33. The Labute approximate surface area is 148 Å². The first kappa shape index (κ1) is 15.0. The summed E-state index contributed by atoms with van der Waals surface area (Å²) in [4.78, 5) is 20.6. The van der Waals surface area contributed by atoms with E-state index in [0.717, 1.165) is 0 Å². The molecule has 0 radical (unpaired) electrons. The smallest absolute Gasteiger partial charge is 0.265 e. The molecule has 0 saturated heterocycles. The fourth-order valence-electron chi connectivity index (χ4n) is 3.01. The molecule has 8 nitrogen and oxygen atoms in total. The Morgan fingerprint density at radius 2 is 1.92 bits per heavy atom. The van der Waals surface area contributed by atoms with Crippen molar-refractivity contribution in [3.63, 3.8) is 0 Å². The summed E-state index contributed by atoms with van der Waals surface area (Å²) in [5.41, 5.74) is 0.602. The minimum atomic E-state index is -3.68. The number of nitrogens with one attached hydrogen (secondary N) is 1. The first-order valence-electron chi connectivity index (χ1n) is 7.89. The van der Waals surface area contributed by atoms with Gasteiger partial charge in [0.15, 0.2) is 17.5 Å². The van der Waals surface area contributed by atoms with Crippen molar-refractivity contribution in [2.24, 2.45) is 9.98 Å². The summed E-state index contributed by atoms with van der Waals surface area (Å²) in [7, 11) is -3.68. The maximum Gasteiger partial charge on any atom is 0.265 e. The molecule has 3 aromatic rings. The number of benzene rings is 1. The Balaban J connectivity index is 1.62. The van der Waals surface area contributed by atoms with E-state index >= 15 is 0 Å². The van der Waals surface area contributed by atoms with Crippen LogP contribution in [0.25, 0.3) is 6.08 Å². The van der Waals surface area contributed by atoms with Gasteiger partial charge in [-0.25, -0.2) is 32.7 Å². The zero-order chi connectivity index (χ0) is 17.7. The maximum atomic E-state index is 12.9. The van der Waals surface area contributed by atoms with E-state index in [-0.39, 0.29) is 11.4 Å². The van der Waals surface area contributed by atoms with Gasteiger partial charge in [-0.15, -0.1) is 0 Å². The molecule has 0 saturated carbocycles. The Bertz CT molecular complexity index is 1260. The lowest BCUT2D eigenvalue weighted by atomic mass is 10.3. The average molecular weight is 364 g/mol. The van der Waals surface area contributed by atoms with E-state index in [1.165, 1.54) is 4.31 Å². The number of imidazole rings is 1. The quantitative estimate of drug-likeness (QED) is 0.731. The highest BCUT2D eigenvalue weighted by Gasteiger charge is 2.30. The van der Waals surface area contributed by atoms with E-state index in [9.17, 15) is 8.42 Å². The molecule has 0 atom stereocenters. The highest BCUT2D eigenvalue weighted by Crippen LogP contribution is 2.23. The number of pyridine rings is 1. The van der Waals surface area contributed by atoms with Gasteiger partial charge in [0.05, 0.1) is 17.6 Å². The third-order valence-corrected chi connectivity index (χ3v) is 6.00. The molecular weight excluding hydrogens is 352 g/mol. The molecule has 0 fully saturated rings. The molecule has 0 unspecified atom stereocenters. The fourth-order valence-corrected chi connectivity index (χ4v) is 4.41. The van der Waals surface area contributed by atoms with Crippen LogP contribution >= 0.6 is 0 Å². The zero-order valence-electron chi connectivity index (χ0n) is 13.4. The molecule has 26 heavy (non-hydrogen) atoms.